The van der Waals surface area contributed by atoms with Crippen LogP contribution in [0, 0.1) is 6.92 Å². The minimum atomic E-state index is -0.0879. The summed E-state index contributed by atoms with van der Waals surface area (Å²) in [5.41, 5.74) is 4.65. The van der Waals surface area contributed by atoms with E-state index in [0.29, 0.717) is 19.6 Å². The average Bonchev–Trinajstić information content (AvgIpc) is 3.33. The van der Waals surface area contributed by atoms with Crippen molar-refractivity contribution in [1.29, 1.82) is 0 Å². The van der Waals surface area contributed by atoms with Crippen LogP contribution in [0.5, 0.6) is 0 Å². The summed E-state index contributed by atoms with van der Waals surface area (Å²) in [5, 5.41) is 9.73. The quantitative estimate of drug-likeness (QED) is 0.615. The largest absolute Gasteiger partial charge is 0.372 e. The van der Waals surface area contributed by atoms with Crippen LogP contribution in [0.15, 0.2) is 48.0 Å². The second-order valence-electron chi connectivity index (χ2n) is 7.10. The standard InChI is InChI=1S/C22H25N3O2S/c1-16-18(15-25(24-16)19-7-3-2-4-8-19)6-5-11-23-21(26)14-20-22-17(9-12-27-20)10-13-28-22/h2-4,7-8,10,13,15,20H,5-6,9,11-12,14H2,1H3,(H,23,26)/t20-/m1/s1. The molecule has 28 heavy (non-hydrogen) atoms. The highest BCUT2D eigenvalue weighted by Gasteiger charge is 2.24. The SMILES string of the molecule is Cc1nn(-c2ccccc2)cc1CCCNC(=O)C[C@H]1OCCc2ccsc21. The summed E-state index contributed by atoms with van der Waals surface area (Å²) in [5.74, 6) is 0.0583. The van der Waals surface area contributed by atoms with Gasteiger partial charge in [-0.05, 0) is 60.9 Å². The van der Waals surface area contributed by atoms with Crippen molar-refractivity contribution in [3.05, 3.63) is 69.7 Å². The molecule has 1 aromatic carbocycles. The Morgan fingerprint density at radius 1 is 1.32 bits per heavy atom. The lowest BCUT2D eigenvalue weighted by molar-refractivity contribution is -0.124. The molecular formula is C22H25N3O2S. The number of amides is 1. The van der Waals surface area contributed by atoms with Crippen molar-refractivity contribution < 1.29 is 9.53 Å². The molecule has 6 heteroatoms. The smallest absolute Gasteiger partial charge is 0.223 e. The number of fused-ring (bicyclic) bond motifs is 1. The predicted octanol–water partition coefficient (Wildman–Crippen LogP) is 4.00. The number of aryl methyl sites for hydroxylation is 2. The van der Waals surface area contributed by atoms with E-state index in [9.17, 15) is 4.79 Å². The van der Waals surface area contributed by atoms with E-state index < -0.39 is 0 Å². The lowest BCUT2D eigenvalue weighted by Crippen LogP contribution is -2.28. The minimum absolute atomic E-state index is 0.0583. The van der Waals surface area contributed by atoms with Crippen LogP contribution in [-0.4, -0.2) is 28.8 Å². The number of carbonyl (C=O) groups is 1. The molecule has 2 aromatic heterocycles. The number of thiophene rings is 1. The lowest BCUT2D eigenvalue weighted by Gasteiger charge is -2.22. The van der Waals surface area contributed by atoms with Crippen molar-refractivity contribution in [3.8, 4) is 5.69 Å². The third-order valence-corrected chi connectivity index (χ3v) is 6.15. The van der Waals surface area contributed by atoms with Gasteiger partial charge in [0.05, 0.1) is 24.4 Å². The monoisotopic (exact) mass is 395 g/mol. The fourth-order valence-corrected chi connectivity index (χ4v) is 4.58. The third kappa shape index (κ3) is 4.34. The van der Waals surface area contributed by atoms with Crippen LogP contribution >= 0.6 is 11.3 Å². The molecule has 1 aliphatic heterocycles. The molecule has 146 valence electrons. The fourth-order valence-electron chi connectivity index (χ4n) is 3.58. The van der Waals surface area contributed by atoms with Gasteiger partial charge >= 0.3 is 0 Å². The van der Waals surface area contributed by atoms with E-state index in [1.165, 1.54) is 16.0 Å². The molecule has 0 saturated heterocycles. The van der Waals surface area contributed by atoms with Crippen LogP contribution in [0.4, 0.5) is 0 Å². The van der Waals surface area contributed by atoms with E-state index >= 15 is 0 Å². The van der Waals surface area contributed by atoms with Gasteiger partial charge in [0.15, 0.2) is 0 Å². The minimum Gasteiger partial charge on any atom is -0.372 e. The van der Waals surface area contributed by atoms with Gasteiger partial charge in [-0.3, -0.25) is 4.79 Å². The van der Waals surface area contributed by atoms with Crippen LogP contribution in [-0.2, 0) is 22.4 Å². The Hall–Kier alpha value is -2.44. The molecule has 3 heterocycles. The Balaban J connectivity index is 1.24. The number of nitrogens with zero attached hydrogens (tertiary/aromatic N) is 2. The van der Waals surface area contributed by atoms with Gasteiger partial charge in [0.1, 0.15) is 6.10 Å². The lowest BCUT2D eigenvalue weighted by atomic mass is 10.1. The highest BCUT2D eigenvalue weighted by molar-refractivity contribution is 7.10. The van der Waals surface area contributed by atoms with E-state index in [-0.39, 0.29) is 12.0 Å². The van der Waals surface area contributed by atoms with E-state index in [2.05, 4.69) is 28.1 Å². The number of hydrogen-bond acceptors (Lipinski definition) is 4. The van der Waals surface area contributed by atoms with Gasteiger partial charge in [0.25, 0.3) is 0 Å². The molecule has 5 nitrogen and oxygen atoms in total. The molecule has 1 atom stereocenters. The van der Waals surface area contributed by atoms with Crippen LogP contribution in [0.1, 0.15) is 40.6 Å². The van der Waals surface area contributed by atoms with Crippen molar-refractivity contribution in [1.82, 2.24) is 15.1 Å². The maximum absolute atomic E-state index is 12.3. The summed E-state index contributed by atoms with van der Waals surface area (Å²) < 4.78 is 7.73. The molecule has 0 bridgehead atoms. The molecule has 1 aliphatic rings. The van der Waals surface area contributed by atoms with E-state index in [1.807, 2.05) is 41.9 Å². The summed E-state index contributed by atoms with van der Waals surface area (Å²) in [6.45, 7) is 3.40. The first-order valence-electron chi connectivity index (χ1n) is 9.76. The number of carbonyl (C=O) groups excluding carboxylic acids is 1. The zero-order valence-electron chi connectivity index (χ0n) is 16.1. The molecule has 0 radical (unpaired) electrons. The second-order valence-corrected chi connectivity index (χ2v) is 8.04. The summed E-state index contributed by atoms with van der Waals surface area (Å²) in [6, 6.07) is 12.3. The maximum Gasteiger partial charge on any atom is 0.223 e. The molecule has 3 aromatic rings. The molecule has 1 N–H and O–H groups in total. The molecule has 1 amide bonds. The summed E-state index contributed by atoms with van der Waals surface area (Å²) >= 11 is 1.69. The first-order valence-corrected chi connectivity index (χ1v) is 10.6. The van der Waals surface area contributed by atoms with E-state index in [4.69, 9.17) is 4.74 Å². The van der Waals surface area contributed by atoms with Crippen LogP contribution < -0.4 is 5.32 Å². The van der Waals surface area contributed by atoms with Crippen molar-refractivity contribution in [2.45, 2.75) is 38.7 Å². The summed E-state index contributed by atoms with van der Waals surface area (Å²) in [7, 11) is 0. The number of para-hydroxylation sites is 1. The first-order chi connectivity index (χ1) is 13.7. The predicted molar refractivity (Wildman–Crippen MR) is 111 cm³/mol. The van der Waals surface area contributed by atoms with Crippen LogP contribution in [0.25, 0.3) is 5.69 Å². The number of aromatic nitrogens is 2. The summed E-state index contributed by atoms with van der Waals surface area (Å²) in [6.07, 6.45) is 5.14. The molecule has 0 fully saturated rings. The molecule has 0 saturated carbocycles. The van der Waals surface area contributed by atoms with Gasteiger partial charge in [-0.2, -0.15) is 5.10 Å². The topological polar surface area (TPSA) is 56.2 Å². The van der Waals surface area contributed by atoms with Crippen molar-refractivity contribution >= 4 is 17.2 Å². The van der Waals surface area contributed by atoms with Crippen molar-refractivity contribution in [2.75, 3.05) is 13.2 Å². The number of ether oxygens (including phenoxy) is 1. The Morgan fingerprint density at radius 3 is 3.04 bits per heavy atom. The van der Waals surface area contributed by atoms with E-state index in [0.717, 1.165) is 30.6 Å². The number of hydrogen-bond donors (Lipinski definition) is 1. The normalized spacial score (nSPS) is 16.0. The van der Waals surface area contributed by atoms with E-state index in [1.54, 1.807) is 11.3 Å². The zero-order valence-corrected chi connectivity index (χ0v) is 16.9. The molecule has 0 aliphatic carbocycles. The molecular weight excluding hydrogens is 370 g/mol. The van der Waals surface area contributed by atoms with Crippen LogP contribution in [0.2, 0.25) is 0 Å². The Labute approximate surface area is 169 Å². The molecule has 0 unspecified atom stereocenters. The van der Waals surface area contributed by atoms with Crippen molar-refractivity contribution in [2.24, 2.45) is 0 Å². The van der Waals surface area contributed by atoms with Crippen molar-refractivity contribution in [3.63, 3.8) is 0 Å². The van der Waals surface area contributed by atoms with Gasteiger partial charge in [0, 0.05) is 17.6 Å². The number of rotatable bonds is 7. The van der Waals surface area contributed by atoms with Gasteiger partial charge < -0.3 is 10.1 Å². The van der Waals surface area contributed by atoms with Gasteiger partial charge in [-0.1, -0.05) is 18.2 Å². The fraction of sp³-hybridized carbons (Fsp3) is 0.364. The molecule has 4 rings (SSSR count). The highest BCUT2D eigenvalue weighted by Crippen LogP contribution is 2.33. The van der Waals surface area contributed by atoms with Gasteiger partial charge in [0.2, 0.25) is 5.91 Å². The highest BCUT2D eigenvalue weighted by atomic mass is 32.1. The number of benzene rings is 1. The van der Waals surface area contributed by atoms with Gasteiger partial charge in [-0.15, -0.1) is 11.3 Å². The Kier molecular flexibility index (Phi) is 5.88. The Bertz CT molecular complexity index is 932. The zero-order chi connectivity index (χ0) is 19.3. The third-order valence-electron chi connectivity index (χ3n) is 5.10. The summed E-state index contributed by atoms with van der Waals surface area (Å²) in [4.78, 5) is 13.5. The van der Waals surface area contributed by atoms with Gasteiger partial charge in [-0.25, -0.2) is 4.68 Å². The van der Waals surface area contributed by atoms with Crippen LogP contribution in [0.3, 0.4) is 0 Å². The average molecular weight is 396 g/mol. The number of nitrogens with one attached hydrogen (secondary N) is 1. The molecule has 0 spiro atoms. The Morgan fingerprint density at radius 2 is 2.18 bits per heavy atom. The first kappa shape index (κ1) is 18.9. The maximum atomic E-state index is 12.3. The second kappa shape index (κ2) is 8.71.